The summed E-state index contributed by atoms with van der Waals surface area (Å²) in [5.41, 5.74) is 3.20. The van der Waals surface area contributed by atoms with Gasteiger partial charge in [-0.25, -0.2) is 4.79 Å². The molecule has 1 atom stereocenters. The van der Waals surface area contributed by atoms with Gasteiger partial charge in [-0.05, 0) is 49.6 Å². The third kappa shape index (κ3) is 2.63. The number of alkyl carbamates (subject to hydrolysis) is 1. The van der Waals surface area contributed by atoms with Crippen LogP contribution in [0.3, 0.4) is 0 Å². The van der Waals surface area contributed by atoms with Crippen molar-refractivity contribution in [3.63, 3.8) is 0 Å². The average Bonchev–Trinajstić information content (AvgIpc) is 3.04. The van der Waals surface area contributed by atoms with Gasteiger partial charge in [0, 0.05) is 21.2 Å². The molecule has 106 valence electrons. The van der Waals surface area contributed by atoms with Crippen LogP contribution in [0.4, 0.5) is 4.79 Å². The van der Waals surface area contributed by atoms with Crippen molar-refractivity contribution < 1.29 is 13.6 Å². The first kappa shape index (κ1) is 9.83. The molecule has 5 nitrogen and oxygen atoms in total. The number of H-pyrrole nitrogens is 1. The van der Waals surface area contributed by atoms with E-state index >= 15 is 0 Å². The standard InChI is InChI=1S/C15H19N3O2/c1-16-5-4-11-8-17-14-3-2-10(7-13(11)14)6-12-9-20-15(19)18-12/h2-3,7-8,12,16-17H,4-6,9H2,1H3,(H,18,19)/t12-/m1/s1/i1D3. The molecule has 0 spiro atoms. The number of hydrogen-bond acceptors (Lipinski definition) is 3. The SMILES string of the molecule is [2H]C([2H])([2H])NCCc1c[nH]c2ccc(C[C@@H]3COC(=O)N3)cc12. The second kappa shape index (κ2) is 5.54. The number of cyclic esters (lactones) is 1. The predicted molar refractivity (Wildman–Crippen MR) is 77.9 cm³/mol. The van der Waals surface area contributed by atoms with Crippen LogP contribution in [-0.4, -0.2) is 37.2 Å². The molecule has 0 bridgehead atoms. The number of carbonyl (C=O) groups excluding carboxylic acids is 1. The summed E-state index contributed by atoms with van der Waals surface area (Å²) in [4.78, 5) is 14.3. The van der Waals surface area contributed by atoms with Crippen LogP contribution in [0.1, 0.15) is 15.2 Å². The Morgan fingerprint density at radius 3 is 3.30 bits per heavy atom. The molecule has 1 saturated heterocycles. The van der Waals surface area contributed by atoms with Gasteiger partial charge in [0.1, 0.15) is 6.61 Å². The van der Waals surface area contributed by atoms with Crippen LogP contribution in [0.2, 0.25) is 0 Å². The first-order valence-corrected chi connectivity index (χ1v) is 6.68. The second-order valence-corrected chi connectivity index (χ2v) is 5.01. The molecular formula is C15H19N3O2. The number of benzene rings is 1. The Morgan fingerprint density at radius 1 is 1.55 bits per heavy atom. The third-order valence-electron chi connectivity index (χ3n) is 3.57. The van der Waals surface area contributed by atoms with E-state index in [1.807, 2.05) is 18.3 Å². The Hall–Kier alpha value is -2.01. The van der Waals surface area contributed by atoms with Crippen LogP contribution in [-0.2, 0) is 17.6 Å². The summed E-state index contributed by atoms with van der Waals surface area (Å²) < 4.78 is 26.4. The number of fused-ring (bicyclic) bond motifs is 1. The Labute approximate surface area is 121 Å². The lowest BCUT2D eigenvalue weighted by Crippen LogP contribution is -2.28. The molecular weight excluding hydrogens is 254 g/mol. The molecule has 1 aliphatic heterocycles. The molecule has 3 N–H and O–H groups in total. The number of rotatable bonds is 5. The summed E-state index contributed by atoms with van der Waals surface area (Å²) in [6.45, 7) is -1.34. The molecule has 0 saturated carbocycles. The highest BCUT2D eigenvalue weighted by Gasteiger charge is 2.22. The number of aromatic amines is 1. The van der Waals surface area contributed by atoms with Crippen molar-refractivity contribution in [3.05, 3.63) is 35.5 Å². The van der Waals surface area contributed by atoms with Crippen molar-refractivity contribution in [2.24, 2.45) is 0 Å². The van der Waals surface area contributed by atoms with Gasteiger partial charge in [-0.3, -0.25) is 0 Å². The van der Waals surface area contributed by atoms with Gasteiger partial charge in [0.25, 0.3) is 0 Å². The molecule has 0 aliphatic carbocycles. The zero-order chi connectivity index (χ0) is 16.4. The van der Waals surface area contributed by atoms with Crippen molar-refractivity contribution in [2.75, 3.05) is 20.1 Å². The number of aromatic nitrogens is 1. The maximum Gasteiger partial charge on any atom is 0.407 e. The monoisotopic (exact) mass is 276 g/mol. The van der Waals surface area contributed by atoms with E-state index in [0.717, 1.165) is 22.0 Å². The highest BCUT2D eigenvalue weighted by molar-refractivity contribution is 5.84. The summed E-state index contributed by atoms with van der Waals surface area (Å²) in [7, 11) is 0. The Morgan fingerprint density at radius 2 is 2.50 bits per heavy atom. The largest absolute Gasteiger partial charge is 0.447 e. The maximum absolute atomic E-state index is 11.1. The van der Waals surface area contributed by atoms with E-state index in [9.17, 15) is 4.79 Å². The summed E-state index contributed by atoms with van der Waals surface area (Å²) in [6, 6.07) is 6.11. The van der Waals surface area contributed by atoms with E-state index in [1.165, 1.54) is 0 Å². The van der Waals surface area contributed by atoms with Crippen LogP contribution in [0.5, 0.6) is 0 Å². The van der Waals surface area contributed by atoms with Crippen LogP contribution in [0.25, 0.3) is 10.9 Å². The van der Waals surface area contributed by atoms with Crippen molar-refractivity contribution in [1.82, 2.24) is 15.6 Å². The van der Waals surface area contributed by atoms with Crippen LogP contribution >= 0.6 is 0 Å². The van der Waals surface area contributed by atoms with Crippen LogP contribution < -0.4 is 10.6 Å². The van der Waals surface area contributed by atoms with Crippen molar-refractivity contribution in [1.29, 1.82) is 0 Å². The molecule has 2 aromatic rings. The quantitative estimate of drug-likeness (QED) is 0.777. The number of hydrogen-bond donors (Lipinski definition) is 3. The fourth-order valence-electron chi connectivity index (χ4n) is 2.58. The molecule has 0 unspecified atom stereocenters. The highest BCUT2D eigenvalue weighted by Crippen LogP contribution is 2.21. The van der Waals surface area contributed by atoms with Crippen molar-refractivity contribution >= 4 is 17.0 Å². The Balaban J connectivity index is 1.70. The van der Waals surface area contributed by atoms with E-state index in [4.69, 9.17) is 8.85 Å². The zero-order valence-electron chi connectivity index (χ0n) is 14.0. The van der Waals surface area contributed by atoms with Gasteiger partial charge in [-0.1, -0.05) is 6.07 Å². The van der Waals surface area contributed by atoms with E-state index < -0.39 is 6.98 Å². The lowest BCUT2D eigenvalue weighted by atomic mass is 10.0. The molecule has 3 rings (SSSR count). The van der Waals surface area contributed by atoms with E-state index in [2.05, 4.69) is 21.7 Å². The molecule has 1 fully saturated rings. The fraction of sp³-hybridized carbons (Fsp3) is 0.400. The Kier molecular flexibility index (Phi) is 2.72. The van der Waals surface area contributed by atoms with Gasteiger partial charge >= 0.3 is 6.09 Å². The normalized spacial score (nSPS) is 21.1. The van der Waals surface area contributed by atoms with Crippen molar-refractivity contribution in [2.45, 2.75) is 18.9 Å². The maximum atomic E-state index is 11.1. The smallest absolute Gasteiger partial charge is 0.407 e. The van der Waals surface area contributed by atoms with Gasteiger partial charge in [0.15, 0.2) is 0 Å². The number of amides is 1. The van der Waals surface area contributed by atoms with E-state index in [-0.39, 0.29) is 12.1 Å². The Bertz CT molecular complexity index is 712. The second-order valence-electron chi connectivity index (χ2n) is 5.01. The van der Waals surface area contributed by atoms with Gasteiger partial charge in [0.05, 0.1) is 6.04 Å². The van der Waals surface area contributed by atoms with Crippen LogP contribution in [0.15, 0.2) is 24.4 Å². The highest BCUT2D eigenvalue weighted by atomic mass is 16.6. The molecule has 1 aliphatic rings. The van der Waals surface area contributed by atoms with E-state index in [1.54, 1.807) is 0 Å². The number of nitrogens with one attached hydrogen (secondary N) is 3. The topological polar surface area (TPSA) is 66.1 Å². The number of ether oxygens (including phenoxy) is 1. The van der Waals surface area contributed by atoms with Crippen LogP contribution in [0, 0.1) is 0 Å². The fourth-order valence-corrected chi connectivity index (χ4v) is 2.58. The molecule has 5 heteroatoms. The summed E-state index contributed by atoms with van der Waals surface area (Å²) in [6.07, 6.45) is 2.88. The van der Waals surface area contributed by atoms with Gasteiger partial charge in [0.2, 0.25) is 0 Å². The lowest BCUT2D eigenvalue weighted by molar-refractivity contribution is 0.177. The third-order valence-corrected chi connectivity index (χ3v) is 3.57. The first-order valence-electron chi connectivity index (χ1n) is 8.18. The van der Waals surface area contributed by atoms with Gasteiger partial charge in [-0.15, -0.1) is 0 Å². The van der Waals surface area contributed by atoms with Crippen molar-refractivity contribution in [3.8, 4) is 0 Å². The predicted octanol–water partition coefficient (Wildman–Crippen LogP) is 1.58. The molecule has 0 radical (unpaired) electrons. The number of likely N-dealkylation sites (N-methyl/N-ethyl adjacent to an activating group) is 1. The molecule has 20 heavy (non-hydrogen) atoms. The summed E-state index contributed by atoms with van der Waals surface area (Å²) in [5.74, 6) is 0. The molecule has 2 heterocycles. The van der Waals surface area contributed by atoms with E-state index in [0.29, 0.717) is 26.0 Å². The number of carbonyl (C=O) groups is 1. The summed E-state index contributed by atoms with van der Waals surface area (Å²) in [5, 5.41) is 6.38. The minimum atomic E-state index is -2.11. The molecule has 1 aromatic heterocycles. The zero-order valence-corrected chi connectivity index (χ0v) is 11.0. The molecule has 1 amide bonds. The van der Waals surface area contributed by atoms with Gasteiger partial charge < -0.3 is 20.4 Å². The molecule has 1 aromatic carbocycles. The first-order chi connectivity index (χ1) is 10.9. The summed E-state index contributed by atoms with van der Waals surface area (Å²) >= 11 is 0. The minimum absolute atomic E-state index is 0.000400. The minimum Gasteiger partial charge on any atom is -0.447 e. The lowest BCUT2D eigenvalue weighted by Gasteiger charge is -2.08. The average molecular weight is 276 g/mol. The van der Waals surface area contributed by atoms with Gasteiger partial charge in [-0.2, -0.15) is 0 Å².